The van der Waals surface area contributed by atoms with Crippen LogP contribution in [0, 0.1) is 0 Å². The molecule has 0 radical (unpaired) electrons. The lowest BCUT2D eigenvalue weighted by molar-refractivity contribution is 0.585. The summed E-state index contributed by atoms with van der Waals surface area (Å²) < 4.78 is 1.98. The lowest BCUT2D eigenvalue weighted by Crippen LogP contribution is -2.13. The van der Waals surface area contributed by atoms with Crippen molar-refractivity contribution in [3.8, 4) is 0 Å². The molecule has 1 fully saturated rings. The van der Waals surface area contributed by atoms with Gasteiger partial charge in [-0.1, -0.05) is 0 Å². The van der Waals surface area contributed by atoms with Crippen LogP contribution < -0.4 is 5.32 Å². The first-order valence-corrected chi connectivity index (χ1v) is 4.67. The largest absolute Gasteiger partial charge is 0.309 e. The number of nitrogens with one attached hydrogen (secondary N) is 1. The first kappa shape index (κ1) is 7.80. The Labute approximate surface area is 72.8 Å². The summed E-state index contributed by atoms with van der Waals surface area (Å²) in [6.07, 6.45) is 4.57. The normalized spacial score (nSPS) is 23.2. The molecule has 0 unspecified atom stereocenters. The van der Waals surface area contributed by atoms with E-state index in [1.807, 2.05) is 4.68 Å². The third kappa shape index (κ3) is 1.37. The number of hydrogen-bond acceptors (Lipinski definition) is 2. The Hall–Kier alpha value is -0.830. The molecule has 1 aliphatic heterocycles. The van der Waals surface area contributed by atoms with E-state index in [4.69, 9.17) is 0 Å². The molecule has 1 saturated heterocycles. The Morgan fingerprint density at radius 3 is 3.25 bits per heavy atom. The lowest BCUT2D eigenvalue weighted by atomic mass is 10.2. The number of hydrogen-bond donors (Lipinski definition) is 1. The molecular formula is C9H15N3. The van der Waals surface area contributed by atoms with Crippen LogP contribution in [0.2, 0.25) is 0 Å². The van der Waals surface area contributed by atoms with Gasteiger partial charge in [-0.15, -0.1) is 0 Å². The second-order valence-corrected chi connectivity index (χ2v) is 3.25. The number of nitrogens with zero attached hydrogens (tertiary/aromatic N) is 2. The van der Waals surface area contributed by atoms with E-state index in [-0.39, 0.29) is 0 Å². The molecule has 0 amide bonds. The van der Waals surface area contributed by atoms with E-state index in [1.165, 1.54) is 18.5 Å². The van der Waals surface area contributed by atoms with Crippen molar-refractivity contribution in [2.24, 2.45) is 0 Å². The smallest absolute Gasteiger partial charge is 0.0793 e. The van der Waals surface area contributed by atoms with Crippen molar-refractivity contribution >= 4 is 0 Å². The van der Waals surface area contributed by atoms with Crippen molar-refractivity contribution in [2.75, 3.05) is 6.54 Å². The second-order valence-electron chi connectivity index (χ2n) is 3.25. The average Bonchev–Trinajstić information content (AvgIpc) is 2.75. The fourth-order valence-corrected chi connectivity index (χ4v) is 1.68. The molecule has 3 nitrogen and oxygen atoms in total. The number of rotatable bonds is 2. The Morgan fingerprint density at radius 2 is 2.67 bits per heavy atom. The first-order valence-electron chi connectivity index (χ1n) is 4.67. The zero-order chi connectivity index (χ0) is 8.39. The van der Waals surface area contributed by atoms with Crippen LogP contribution in [0.15, 0.2) is 12.3 Å². The van der Waals surface area contributed by atoms with Gasteiger partial charge in [0, 0.05) is 12.7 Å². The Morgan fingerprint density at radius 1 is 1.75 bits per heavy atom. The summed E-state index contributed by atoms with van der Waals surface area (Å²) in [7, 11) is 0. The predicted octanol–water partition coefficient (Wildman–Crippen LogP) is 1.33. The molecular weight excluding hydrogens is 150 g/mol. The van der Waals surface area contributed by atoms with Crippen LogP contribution in [0.4, 0.5) is 0 Å². The van der Waals surface area contributed by atoms with Crippen LogP contribution in [0.25, 0.3) is 0 Å². The molecule has 0 spiro atoms. The standard InChI is InChI=1S/C9H15N3/c1-2-12-7-5-9(11-12)8-4-3-6-10-8/h5,7-8,10H,2-4,6H2,1H3/t8-/m1/s1. The third-order valence-electron chi connectivity index (χ3n) is 2.40. The highest BCUT2D eigenvalue weighted by atomic mass is 15.3. The summed E-state index contributed by atoms with van der Waals surface area (Å²) in [5, 5.41) is 7.90. The van der Waals surface area contributed by atoms with E-state index < -0.39 is 0 Å². The van der Waals surface area contributed by atoms with E-state index in [9.17, 15) is 0 Å². The van der Waals surface area contributed by atoms with E-state index in [0.717, 1.165) is 13.1 Å². The maximum atomic E-state index is 4.46. The minimum absolute atomic E-state index is 0.512. The predicted molar refractivity (Wildman–Crippen MR) is 47.9 cm³/mol. The van der Waals surface area contributed by atoms with Crippen molar-refractivity contribution in [3.63, 3.8) is 0 Å². The molecule has 3 heteroatoms. The minimum Gasteiger partial charge on any atom is -0.309 e. The van der Waals surface area contributed by atoms with Crippen molar-refractivity contribution in [1.82, 2.24) is 15.1 Å². The van der Waals surface area contributed by atoms with Crippen LogP contribution >= 0.6 is 0 Å². The molecule has 1 N–H and O–H groups in total. The van der Waals surface area contributed by atoms with Gasteiger partial charge < -0.3 is 5.32 Å². The Bertz CT molecular complexity index is 248. The number of aromatic nitrogens is 2. The summed E-state index contributed by atoms with van der Waals surface area (Å²) >= 11 is 0. The topological polar surface area (TPSA) is 29.9 Å². The highest BCUT2D eigenvalue weighted by Gasteiger charge is 2.17. The fraction of sp³-hybridized carbons (Fsp3) is 0.667. The summed E-state index contributed by atoms with van der Waals surface area (Å²) in [6, 6.07) is 2.63. The van der Waals surface area contributed by atoms with Crippen LogP contribution in [0.3, 0.4) is 0 Å². The molecule has 0 aliphatic carbocycles. The summed E-state index contributed by atoms with van der Waals surface area (Å²) in [5.74, 6) is 0. The van der Waals surface area contributed by atoms with Crippen molar-refractivity contribution in [1.29, 1.82) is 0 Å². The van der Waals surface area contributed by atoms with Crippen molar-refractivity contribution < 1.29 is 0 Å². The second kappa shape index (κ2) is 3.27. The molecule has 2 heterocycles. The van der Waals surface area contributed by atoms with Crippen LogP contribution in [-0.2, 0) is 6.54 Å². The molecule has 12 heavy (non-hydrogen) atoms. The molecule has 0 aromatic carbocycles. The Kier molecular flexibility index (Phi) is 2.13. The van der Waals surface area contributed by atoms with Gasteiger partial charge in [0.2, 0.25) is 0 Å². The van der Waals surface area contributed by atoms with Crippen molar-refractivity contribution in [3.05, 3.63) is 18.0 Å². The molecule has 0 bridgehead atoms. The third-order valence-corrected chi connectivity index (χ3v) is 2.40. The molecule has 2 rings (SSSR count). The minimum atomic E-state index is 0.512. The van der Waals surface area contributed by atoms with E-state index in [1.54, 1.807) is 0 Å². The van der Waals surface area contributed by atoms with Crippen molar-refractivity contribution in [2.45, 2.75) is 32.4 Å². The van der Waals surface area contributed by atoms with Crippen LogP contribution in [0.5, 0.6) is 0 Å². The van der Waals surface area contributed by atoms with E-state index in [2.05, 4.69) is 29.6 Å². The monoisotopic (exact) mass is 165 g/mol. The lowest BCUT2D eigenvalue weighted by Gasteiger charge is -2.04. The molecule has 1 aromatic heterocycles. The summed E-state index contributed by atoms with van der Waals surface area (Å²) in [6.45, 7) is 4.22. The van der Waals surface area contributed by atoms with Gasteiger partial charge >= 0.3 is 0 Å². The van der Waals surface area contributed by atoms with E-state index >= 15 is 0 Å². The zero-order valence-electron chi connectivity index (χ0n) is 7.45. The summed E-state index contributed by atoms with van der Waals surface area (Å²) in [4.78, 5) is 0. The average molecular weight is 165 g/mol. The molecule has 66 valence electrons. The van der Waals surface area contributed by atoms with Crippen LogP contribution in [-0.4, -0.2) is 16.3 Å². The van der Waals surface area contributed by atoms with Gasteiger partial charge in [0.15, 0.2) is 0 Å². The van der Waals surface area contributed by atoms with Gasteiger partial charge in [-0.05, 0) is 32.4 Å². The van der Waals surface area contributed by atoms with E-state index in [0.29, 0.717) is 6.04 Å². The molecule has 0 saturated carbocycles. The van der Waals surface area contributed by atoms with Crippen LogP contribution in [0.1, 0.15) is 31.5 Å². The zero-order valence-corrected chi connectivity index (χ0v) is 7.45. The highest BCUT2D eigenvalue weighted by Crippen LogP contribution is 2.20. The molecule has 1 aromatic rings. The number of aryl methyl sites for hydroxylation is 1. The maximum absolute atomic E-state index is 4.46. The molecule has 1 aliphatic rings. The van der Waals surface area contributed by atoms with Gasteiger partial charge in [-0.25, -0.2) is 0 Å². The Balaban J connectivity index is 2.11. The van der Waals surface area contributed by atoms with Gasteiger partial charge in [-0.3, -0.25) is 4.68 Å². The first-order chi connectivity index (χ1) is 5.90. The quantitative estimate of drug-likeness (QED) is 0.716. The molecule has 1 atom stereocenters. The highest BCUT2D eigenvalue weighted by molar-refractivity contribution is 5.06. The fourth-order valence-electron chi connectivity index (χ4n) is 1.68. The van der Waals surface area contributed by atoms with Gasteiger partial charge in [0.05, 0.1) is 11.7 Å². The maximum Gasteiger partial charge on any atom is 0.0793 e. The van der Waals surface area contributed by atoms with Gasteiger partial charge in [-0.2, -0.15) is 5.10 Å². The van der Waals surface area contributed by atoms with Gasteiger partial charge in [0.1, 0.15) is 0 Å². The van der Waals surface area contributed by atoms with Gasteiger partial charge in [0.25, 0.3) is 0 Å². The summed E-state index contributed by atoms with van der Waals surface area (Å²) in [5.41, 5.74) is 1.20. The SMILES string of the molecule is CCn1ccc([C@H]2CCCN2)n1.